The van der Waals surface area contributed by atoms with E-state index in [1.165, 1.54) is 29.5 Å². The number of hydrogen-bond donors (Lipinski definition) is 0. The monoisotopic (exact) mass is 414 g/mol. The van der Waals surface area contributed by atoms with Crippen molar-refractivity contribution in [3.8, 4) is 5.75 Å². The van der Waals surface area contributed by atoms with Crippen LogP contribution in [-0.4, -0.2) is 21.8 Å². The molecule has 1 aliphatic rings. The topological polar surface area (TPSA) is 42.4 Å². The van der Waals surface area contributed by atoms with Crippen molar-refractivity contribution in [2.24, 2.45) is 5.92 Å². The van der Waals surface area contributed by atoms with Crippen LogP contribution in [0.4, 0.5) is 0 Å². The van der Waals surface area contributed by atoms with E-state index in [2.05, 4.69) is 52.1 Å². The summed E-state index contributed by atoms with van der Waals surface area (Å²) in [5.41, 5.74) is 4.60. The van der Waals surface area contributed by atoms with Crippen molar-refractivity contribution in [3.05, 3.63) is 44.9 Å². The molecule has 29 heavy (non-hydrogen) atoms. The summed E-state index contributed by atoms with van der Waals surface area (Å²) in [6.45, 7) is 11.7. The van der Waals surface area contributed by atoms with Crippen LogP contribution in [-0.2, 0) is 17.9 Å². The second-order valence-corrected chi connectivity index (χ2v) is 9.37. The van der Waals surface area contributed by atoms with E-state index in [0.29, 0.717) is 19.1 Å². The Morgan fingerprint density at radius 1 is 1.28 bits per heavy atom. The number of amides is 1. The highest BCUT2D eigenvalue weighted by atomic mass is 32.1. The van der Waals surface area contributed by atoms with Crippen LogP contribution in [0.2, 0.25) is 0 Å². The summed E-state index contributed by atoms with van der Waals surface area (Å²) in [6.07, 6.45) is 5.40. The van der Waals surface area contributed by atoms with Gasteiger partial charge in [0.1, 0.15) is 17.4 Å². The predicted molar refractivity (Wildman–Crippen MR) is 119 cm³/mol. The van der Waals surface area contributed by atoms with Crippen molar-refractivity contribution in [1.82, 2.24) is 9.88 Å². The molecule has 0 aliphatic heterocycles. The lowest BCUT2D eigenvalue weighted by Gasteiger charge is -2.30. The first-order chi connectivity index (χ1) is 13.9. The Morgan fingerprint density at radius 3 is 2.69 bits per heavy atom. The van der Waals surface area contributed by atoms with Crippen LogP contribution in [0.15, 0.2) is 17.5 Å². The Labute approximate surface area is 179 Å². The molecule has 158 valence electrons. The van der Waals surface area contributed by atoms with Crippen molar-refractivity contribution in [1.29, 1.82) is 0 Å². The molecule has 1 fully saturated rings. The molecule has 3 rings (SSSR count). The molecule has 4 nitrogen and oxygen atoms in total. The van der Waals surface area contributed by atoms with Gasteiger partial charge in [-0.25, -0.2) is 4.98 Å². The predicted octanol–water partition coefficient (Wildman–Crippen LogP) is 5.96. The fourth-order valence-electron chi connectivity index (χ4n) is 4.03. The first kappa shape index (κ1) is 21.8. The number of hydrogen-bond acceptors (Lipinski definition) is 4. The zero-order valence-corrected chi connectivity index (χ0v) is 19.3. The van der Waals surface area contributed by atoms with E-state index in [1.54, 1.807) is 11.3 Å². The highest BCUT2D eigenvalue weighted by Crippen LogP contribution is 2.29. The van der Waals surface area contributed by atoms with Crippen molar-refractivity contribution in [2.45, 2.75) is 85.9 Å². The second-order valence-electron chi connectivity index (χ2n) is 8.43. The van der Waals surface area contributed by atoms with E-state index in [0.717, 1.165) is 35.7 Å². The highest BCUT2D eigenvalue weighted by Gasteiger charge is 2.29. The zero-order valence-electron chi connectivity index (χ0n) is 18.5. The largest absolute Gasteiger partial charge is 0.486 e. The summed E-state index contributed by atoms with van der Waals surface area (Å²) >= 11 is 1.61. The van der Waals surface area contributed by atoms with Crippen molar-refractivity contribution in [3.63, 3.8) is 0 Å². The molecule has 1 heterocycles. The molecule has 1 aliphatic carbocycles. The molecule has 2 aromatic rings. The number of rotatable bonds is 8. The molecule has 1 saturated carbocycles. The van der Waals surface area contributed by atoms with Gasteiger partial charge in [-0.2, -0.15) is 0 Å². The smallest absolute Gasteiger partial charge is 0.226 e. The summed E-state index contributed by atoms with van der Waals surface area (Å²) in [4.78, 5) is 19.9. The number of benzene rings is 1. The van der Waals surface area contributed by atoms with E-state index >= 15 is 0 Å². The van der Waals surface area contributed by atoms with E-state index in [4.69, 9.17) is 9.72 Å². The van der Waals surface area contributed by atoms with Gasteiger partial charge >= 0.3 is 0 Å². The average molecular weight is 415 g/mol. The Morgan fingerprint density at radius 2 is 2.00 bits per heavy atom. The van der Waals surface area contributed by atoms with Crippen LogP contribution in [0.25, 0.3) is 0 Å². The second kappa shape index (κ2) is 9.75. The molecule has 0 spiro atoms. The zero-order chi connectivity index (χ0) is 21.0. The Balaban J connectivity index is 1.65. The first-order valence-electron chi connectivity index (χ1n) is 10.8. The van der Waals surface area contributed by atoms with Crippen LogP contribution in [0.3, 0.4) is 0 Å². The van der Waals surface area contributed by atoms with Crippen LogP contribution in [0.5, 0.6) is 5.75 Å². The van der Waals surface area contributed by atoms with E-state index in [-0.39, 0.29) is 12.0 Å². The third-order valence-corrected chi connectivity index (χ3v) is 7.03. The third-order valence-electron chi connectivity index (χ3n) is 6.16. The maximum Gasteiger partial charge on any atom is 0.226 e. The molecule has 5 heteroatoms. The minimum absolute atomic E-state index is 0.206. The molecule has 1 aromatic carbocycles. The van der Waals surface area contributed by atoms with Gasteiger partial charge in [0.25, 0.3) is 0 Å². The molecular weight excluding hydrogens is 380 g/mol. The van der Waals surface area contributed by atoms with Gasteiger partial charge in [-0.1, -0.05) is 25.8 Å². The molecule has 0 N–H and O–H groups in total. The Bertz CT molecular complexity index is 839. The normalized spacial score (nSPS) is 15.5. The van der Waals surface area contributed by atoms with Gasteiger partial charge in [0.15, 0.2) is 0 Å². The summed E-state index contributed by atoms with van der Waals surface area (Å²) in [6, 6.07) is 4.50. The number of aromatic nitrogens is 1. The first-order valence-corrected chi connectivity index (χ1v) is 11.7. The summed E-state index contributed by atoms with van der Waals surface area (Å²) in [5, 5.41) is 3.03. The SMILES string of the molecule is CCC(C)N(Cc1csc(COc2cc(C)cc(C)c2C)n1)C(=O)C1CCCC1. The number of thiazole rings is 1. The Hall–Kier alpha value is -1.88. The van der Waals surface area contributed by atoms with E-state index in [9.17, 15) is 4.79 Å². The van der Waals surface area contributed by atoms with Crippen LogP contribution >= 0.6 is 11.3 Å². The van der Waals surface area contributed by atoms with Crippen molar-refractivity contribution >= 4 is 17.2 Å². The van der Waals surface area contributed by atoms with Gasteiger partial charge < -0.3 is 9.64 Å². The molecule has 0 bridgehead atoms. The van der Waals surface area contributed by atoms with Gasteiger partial charge in [0, 0.05) is 17.3 Å². The minimum atomic E-state index is 0.206. The van der Waals surface area contributed by atoms with Crippen LogP contribution < -0.4 is 4.74 Å². The molecule has 1 atom stereocenters. The van der Waals surface area contributed by atoms with Crippen molar-refractivity contribution < 1.29 is 9.53 Å². The third kappa shape index (κ3) is 5.39. The lowest BCUT2D eigenvalue weighted by atomic mass is 10.0. The fraction of sp³-hybridized carbons (Fsp3) is 0.583. The van der Waals surface area contributed by atoms with Gasteiger partial charge in [-0.15, -0.1) is 11.3 Å². The summed E-state index contributed by atoms with van der Waals surface area (Å²) < 4.78 is 6.07. The van der Waals surface area contributed by atoms with E-state index < -0.39 is 0 Å². The van der Waals surface area contributed by atoms with E-state index in [1.807, 2.05) is 4.90 Å². The number of carbonyl (C=O) groups is 1. The quantitative estimate of drug-likeness (QED) is 0.535. The summed E-state index contributed by atoms with van der Waals surface area (Å²) in [5.74, 6) is 1.45. The van der Waals surface area contributed by atoms with Crippen LogP contribution in [0, 0.1) is 26.7 Å². The fourth-order valence-corrected chi connectivity index (χ4v) is 4.73. The number of carbonyl (C=O) groups excluding carboxylic acids is 1. The molecule has 0 saturated heterocycles. The standard InChI is InChI=1S/C24H34N2O2S/c1-6-18(4)26(24(27)20-9-7-8-10-20)13-21-15-29-23(25-21)14-28-22-12-16(2)11-17(3)19(22)5/h11-12,15,18,20H,6-10,13-14H2,1-5H3. The van der Waals surface area contributed by atoms with Crippen LogP contribution in [0.1, 0.15) is 73.3 Å². The number of ether oxygens (including phenoxy) is 1. The van der Waals surface area contributed by atoms with Gasteiger partial charge in [0.05, 0.1) is 12.2 Å². The molecular formula is C24H34N2O2S. The van der Waals surface area contributed by atoms with Gasteiger partial charge in [-0.05, 0) is 69.7 Å². The number of aryl methyl sites for hydroxylation is 2. The maximum absolute atomic E-state index is 13.0. The van der Waals surface area contributed by atoms with Gasteiger partial charge in [-0.3, -0.25) is 4.79 Å². The Kier molecular flexibility index (Phi) is 7.33. The highest BCUT2D eigenvalue weighted by molar-refractivity contribution is 7.09. The molecule has 1 unspecified atom stereocenters. The lowest BCUT2D eigenvalue weighted by molar-refractivity contribution is -0.138. The number of nitrogens with zero attached hydrogens (tertiary/aromatic N) is 2. The molecule has 0 radical (unpaired) electrons. The molecule has 1 aromatic heterocycles. The lowest BCUT2D eigenvalue weighted by Crippen LogP contribution is -2.41. The maximum atomic E-state index is 13.0. The average Bonchev–Trinajstić information content (AvgIpc) is 3.38. The molecule has 1 amide bonds. The van der Waals surface area contributed by atoms with Gasteiger partial charge in [0.2, 0.25) is 5.91 Å². The summed E-state index contributed by atoms with van der Waals surface area (Å²) in [7, 11) is 0. The van der Waals surface area contributed by atoms with Crippen molar-refractivity contribution in [2.75, 3.05) is 0 Å². The minimum Gasteiger partial charge on any atom is -0.486 e.